The van der Waals surface area contributed by atoms with Gasteiger partial charge >= 0.3 is 0 Å². The van der Waals surface area contributed by atoms with Gasteiger partial charge in [-0.1, -0.05) is 78.9 Å². The molecule has 4 heterocycles. The SMILES string of the molecule is OC[C@H]1O[C@@H](n2cnc3c(NCC(c4ccccc4)c4ccccc4)nc(N4CCc5ccccc54)nc32)[C@H](O)[C@@H]1O. The van der Waals surface area contributed by atoms with Crippen LogP contribution < -0.4 is 10.2 Å². The van der Waals surface area contributed by atoms with Crippen LogP contribution >= 0.6 is 0 Å². The Balaban J connectivity index is 1.30. The fourth-order valence-corrected chi connectivity index (χ4v) is 5.99. The molecule has 2 aliphatic rings. The molecule has 0 saturated carbocycles. The van der Waals surface area contributed by atoms with Crippen molar-refractivity contribution in [2.24, 2.45) is 0 Å². The number of anilines is 3. The van der Waals surface area contributed by atoms with Crippen molar-refractivity contribution in [2.75, 3.05) is 29.9 Å². The number of benzene rings is 3. The maximum atomic E-state index is 10.8. The Morgan fingerprint density at radius 2 is 1.57 bits per heavy atom. The molecule has 0 spiro atoms. The van der Waals surface area contributed by atoms with Gasteiger partial charge in [0.1, 0.15) is 18.3 Å². The predicted molar refractivity (Wildman–Crippen MR) is 159 cm³/mol. The van der Waals surface area contributed by atoms with E-state index >= 15 is 0 Å². The summed E-state index contributed by atoms with van der Waals surface area (Å²) in [7, 11) is 0. The van der Waals surface area contributed by atoms with Crippen LogP contribution in [0.15, 0.2) is 91.3 Å². The van der Waals surface area contributed by atoms with E-state index in [4.69, 9.17) is 14.7 Å². The van der Waals surface area contributed by atoms with Crippen LogP contribution in [0.4, 0.5) is 17.5 Å². The average Bonchev–Trinajstić information content (AvgIpc) is 3.74. The number of rotatable bonds is 8. The van der Waals surface area contributed by atoms with Crippen LogP contribution in [0, 0.1) is 0 Å². The predicted octanol–water partition coefficient (Wildman–Crippen LogP) is 3.38. The van der Waals surface area contributed by atoms with E-state index in [2.05, 4.69) is 51.6 Å². The van der Waals surface area contributed by atoms with Crippen molar-refractivity contribution < 1.29 is 20.1 Å². The van der Waals surface area contributed by atoms with Gasteiger partial charge in [-0.15, -0.1) is 0 Å². The zero-order valence-electron chi connectivity index (χ0n) is 22.9. The number of ether oxygens (including phenoxy) is 1. The molecule has 0 amide bonds. The fourth-order valence-electron chi connectivity index (χ4n) is 5.99. The minimum absolute atomic E-state index is 0.0518. The smallest absolute Gasteiger partial charge is 0.234 e. The van der Waals surface area contributed by atoms with Crippen molar-refractivity contribution in [1.29, 1.82) is 0 Å². The van der Waals surface area contributed by atoms with Crippen molar-refractivity contribution >= 4 is 28.6 Å². The van der Waals surface area contributed by atoms with E-state index in [1.54, 1.807) is 10.9 Å². The molecule has 3 aromatic carbocycles. The molecule has 7 rings (SSSR count). The Morgan fingerprint density at radius 3 is 2.26 bits per heavy atom. The Morgan fingerprint density at radius 1 is 0.881 bits per heavy atom. The molecule has 2 aliphatic heterocycles. The Bertz CT molecular complexity index is 1640. The first kappa shape index (κ1) is 26.5. The number of nitrogens with one attached hydrogen (secondary N) is 1. The number of aliphatic hydroxyl groups excluding tert-OH is 3. The van der Waals surface area contributed by atoms with Crippen molar-refractivity contribution in [3.63, 3.8) is 0 Å². The molecule has 214 valence electrons. The third-order valence-corrected chi connectivity index (χ3v) is 8.21. The highest BCUT2D eigenvalue weighted by Gasteiger charge is 2.44. The summed E-state index contributed by atoms with van der Waals surface area (Å²) in [6.07, 6.45) is -1.96. The summed E-state index contributed by atoms with van der Waals surface area (Å²) in [5.74, 6) is 1.11. The largest absolute Gasteiger partial charge is 0.394 e. The second-order valence-corrected chi connectivity index (χ2v) is 10.7. The molecule has 0 bridgehead atoms. The summed E-state index contributed by atoms with van der Waals surface area (Å²) in [6, 6.07) is 28.9. The molecular formula is C32H32N6O4. The van der Waals surface area contributed by atoms with Crippen LogP contribution in [-0.2, 0) is 11.2 Å². The number of hydrogen-bond acceptors (Lipinski definition) is 9. The summed E-state index contributed by atoms with van der Waals surface area (Å²) in [6.45, 7) is 0.860. The number of aliphatic hydroxyl groups is 3. The van der Waals surface area contributed by atoms with Crippen molar-refractivity contribution in [3.8, 4) is 0 Å². The first-order chi connectivity index (χ1) is 20.6. The second kappa shape index (κ2) is 11.1. The highest BCUT2D eigenvalue weighted by molar-refractivity contribution is 5.85. The molecule has 5 aromatic rings. The average molecular weight is 565 g/mol. The van der Waals surface area contributed by atoms with E-state index in [-0.39, 0.29) is 5.92 Å². The summed E-state index contributed by atoms with van der Waals surface area (Å²) in [5, 5.41) is 34.4. The van der Waals surface area contributed by atoms with Gasteiger partial charge in [-0.2, -0.15) is 9.97 Å². The van der Waals surface area contributed by atoms with Gasteiger partial charge in [0.15, 0.2) is 23.2 Å². The highest BCUT2D eigenvalue weighted by atomic mass is 16.6. The van der Waals surface area contributed by atoms with Crippen LogP contribution in [0.2, 0.25) is 0 Å². The van der Waals surface area contributed by atoms with E-state index < -0.39 is 31.1 Å². The minimum atomic E-state index is -1.26. The van der Waals surface area contributed by atoms with Gasteiger partial charge in [-0.05, 0) is 29.2 Å². The standard InChI is InChI=1S/C32H32N6O4/c39-18-25-27(40)28(41)31(42-25)38-19-34-26-29(33-17-23(20-9-3-1-4-10-20)21-11-5-2-6-12-21)35-32(36-30(26)38)37-16-15-22-13-7-8-14-24(22)37/h1-14,19,23,25,27-28,31,39-41H,15-18H2,(H,33,35,36)/t25-,27-,28-,31-/m1/s1. The molecule has 10 heteroatoms. The number of aromatic nitrogens is 4. The maximum absolute atomic E-state index is 10.8. The van der Waals surface area contributed by atoms with Gasteiger partial charge in [-0.25, -0.2) is 4.98 Å². The van der Waals surface area contributed by atoms with E-state index in [9.17, 15) is 15.3 Å². The lowest BCUT2D eigenvalue weighted by Gasteiger charge is -2.22. The molecule has 4 N–H and O–H groups in total. The zero-order chi connectivity index (χ0) is 28.6. The van der Waals surface area contributed by atoms with Crippen LogP contribution in [0.3, 0.4) is 0 Å². The molecule has 10 nitrogen and oxygen atoms in total. The number of hydrogen-bond donors (Lipinski definition) is 4. The Labute approximate surface area is 242 Å². The number of nitrogens with zero attached hydrogens (tertiary/aromatic N) is 5. The molecule has 0 radical (unpaired) electrons. The van der Waals surface area contributed by atoms with Gasteiger partial charge in [0.25, 0.3) is 0 Å². The normalized spacial score (nSPS) is 21.8. The zero-order valence-corrected chi connectivity index (χ0v) is 22.9. The van der Waals surface area contributed by atoms with E-state index in [1.807, 2.05) is 48.5 Å². The summed E-state index contributed by atoms with van der Waals surface area (Å²) in [4.78, 5) is 16.6. The Hall–Kier alpha value is -4.35. The highest BCUT2D eigenvalue weighted by Crippen LogP contribution is 2.37. The molecule has 1 fully saturated rings. The molecule has 2 aromatic heterocycles. The Kier molecular flexibility index (Phi) is 7.04. The van der Waals surface area contributed by atoms with Crippen molar-refractivity contribution in [1.82, 2.24) is 19.5 Å². The lowest BCUT2D eigenvalue weighted by Crippen LogP contribution is -2.33. The van der Waals surface area contributed by atoms with Gasteiger partial charge in [0.05, 0.1) is 12.9 Å². The fraction of sp³-hybridized carbons (Fsp3) is 0.281. The summed E-state index contributed by atoms with van der Waals surface area (Å²) >= 11 is 0. The minimum Gasteiger partial charge on any atom is -0.394 e. The van der Waals surface area contributed by atoms with Gasteiger partial charge in [-0.3, -0.25) is 4.57 Å². The molecule has 4 atom stereocenters. The van der Waals surface area contributed by atoms with Crippen LogP contribution in [0.25, 0.3) is 11.2 Å². The van der Waals surface area contributed by atoms with Crippen molar-refractivity contribution in [2.45, 2.75) is 36.9 Å². The molecule has 0 unspecified atom stereocenters. The molecule has 42 heavy (non-hydrogen) atoms. The second-order valence-electron chi connectivity index (χ2n) is 10.7. The third-order valence-electron chi connectivity index (χ3n) is 8.21. The van der Waals surface area contributed by atoms with Crippen molar-refractivity contribution in [3.05, 3.63) is 108 Å². The lowest BCUT2D eigenvalue weighted by atomic mass is 9.91. The van der Waals surface area contributed by atoms with E-state index in [1.165, 1.54) is 16.7 Å². The van der Waals surface area contributed by atoms with E-state index in [0.717, 1.165) is 18.7 Å². The van der Waals surface area contributed by atoms with Gasteiger partial charge < -0.3 is 30.3 Å². The summed E-state index contributed by atoms with van der Waals surface area (Å²) in [5.41, 5.74) is 5.59. The molecular weight excluding hydrogens is 532 g/mol. The summed E-state index contributed by atoms with van der Waals surface area (Å²) < 4.78 is 7.46. The quantitative estimate of drug-likeness (QED) is 0.224. The van der Waals surface area contributed by atoms with E-state index in [0.29, 0.717) is 29.5 Å². The molecule has 0 aliphatic carbocycles. The monoisotopic (exact) mass is 564 g/mol. The maximum Gasteiger partial charge on any atom is 0.234 e. The van der Waals surface area contributed by atoms with Crippen LogP contribution in [-0.4, -0.2) is 72.8 Å². The first-order valence-electron chi connectivity index (χ1n) is 14.2. The van der Waals surface area contributed by atoms with Crippen LogP contribution in [0.5, 0.6) is 0 Å². The van der Waals surface area contributed by atoms with Gasteiger partial charge in [0, 0.05) is 24.7 Å². The molecule has 1 saturated heterocycles. The van der Waals surface area contributed by atoms with Crippen LogP contribution in [0.1, 0.15) is 28.8 Å². The third kappa shape index (κ3) is 4.68. The number of fused-ring (bicyclic) bond motifs is 2. The number of para-hydroxylation sites is 1. The topological polar surface area (TPSA) is 129 Å². The van der Waals surface area contributed by atoms with Gasteiger partial charge in [0.2, 0.25) is 5.95 Å². The lowest BCUT2D eigenvalue weighted by molar-refractivity contribution is -0.0511. The first-order valence-corrected chi connectivity index (χ1v) is 14.2. The number of imidazole rings is 1.